The Morgan fingerprint density at radius 3 is 2.83 bits per heavy atom. The molecule has 1 N–H and O–H groups in total. The number of hydrogen-bond donors (Lipinski definition) is 1. The lowest BCUT2D eigenvalue weighted by Crippen LogP contribution is -2.37. The van der Waals surface area contributed by atoms with Crippen molar-refractivity contribution < 1.29 is 0 Å². The minimum atomic E-state index is 0.601. The fourth-order valence-corrected chi connectivity index (χ4v) is 3.51. The predicted molar refractivity (Wildman–Crippen MR) is 102 cm³/mol. The molecule has 1 aromatic carbocycles. The van der Waals surface area contributed by atoms with Crippen molar-refractivity contribution in [3.8, 4) is 0 Å². The van der Waals surface area contributed by atoms with E-state index in [9.17, 15) is 0 Å². The number of aryl methyl sites for hydroxylation is 2. The third-order valence-electron chi connectivity index (χ3n) is 5.17. The molecule has 1 aromatic heterocycles. The standard InChI is InChI=1S/C20H30N4/c1-5-15(3)21-17-7-6-11-24(12-10-17)20-22-16(4)18-9-8-14(2)13-19(18)23-20/h8-9,13,15,17,21H,5-7,10-12H2,1-4H3/t15-,17+/m1/s1. The number of hydrogen-bond acceptors (Lipinski definition) is 4. The lowest BCUT2D eigenvalue weighted by Gasteiger charge is -2.23. The van der Waals surface area contributed by atoms with E-state index in [0.29, 0.717) is 12.1 Å². The first-order chi connectivity index (χ1) is 11.6. The zero-order chi connectivity index (χ0) is 17.1. The fraction of sp³-hybridized carbons (Fsp3) is 0.600. The third-order valence-corrected chi connectivity index (χ3v) is 5.17. The maximum Gasteiger partial charge on any atom is 0.226 e. The highest BCUT2D eigenvalue weighted by molar-refractivity contribution is 5.82. The number of aromatic nitrogens is 2. The molecule has 0 aliphatic carbocycles. The third kappa shape index (κ3) is 3.86. The van der Waals surface area contributed by atoms with Gasteiger partial charge in [0, 0.05) is 30.6 Å². The van der Waals surface area contributed by atoms with Crippen molar-refractivity contribution in [3.05, 3.63) is 29.5 Å². The lowest BCUT2D eigenvalue weighted by molar-refractivity contribution is 0.408. The second kappa shape index (κ2) is 7.47. The Morgan fingerprint density at radius 2 is 2.04 bits per heavy atom. The van der Waals surface area contributed by atoms with E-state index in [4.69, 9.17) is 9.97 Å². The zero-order valence-electron chi connectivity index (χ0n) is 15.5. The van der Waals surface area contributed by atoms with Crippen molar-refractivity contribution in [2.75, 3.05) is 18.0 Å². The Hall–Kier alpha value is -1.68. The highest BCUT2D eigenvalue weighted by Crippen LogP contribution is 2.22. The highest BCUT2D eigenvalue weighted by Gasteiger charge is 2.20. The number of fused-ring (bicyclic) bond motifs is 1. The Labute approximate surface area is 145 Å². The maximum atomic E-state index is 4.86. The quantitative estimate of drug-likeness (QED) is 0.922. The van der Waals surface area contributed by atoms with Gasteiger partial charge >= 0.3 is 0 Å². The topological polar surface area (TPSA) is 41.0 Å². The molecular weight excluding hydrogens is 296 g/mol. The Kier molecular flexibility index (Phi) is 5.34. The zero-order valence-corrected chi connectivity index (χ0v) is 15.5. The van der Waals surface area contributed by atoms with Crippen LogP contribution >= 0.6 is 0 Å². The highest BCUT2D eigenvalue weighted by atomic mass is 15.3. The van der Waals surface area contributed by atoms with Crippen LogP contribution in [0.5, 0.6) is 0 Å². The van der Waals surface area contributed by atoms with Gasteiger partial charge in [0.15, 0.2) is 0 Å². The second-order valence-electron chi connectivity index (χ2n) is 7.22. The van der Waals surface area contributed by atoms with Gasteiger partial charge < -0.3 is 10.2 Å². The summed E-state index contributed by atoms with van der Waals surface area (Å²) in [7, 11) is 0. The van der Waals surface area contributed by atoms with Gasteiger partial charge in [0.25, 0.3) is 0 Å². The molecule has 0 radical (unpaired) electrons. The summed E-state index contributed by atoms with van der Waals surface area (Å²) in [5.41, 5.74) is 3.39. The molecule has 0 saturated carbocycles. The Balaban J connectivity index is 1.78. The molecule has 2 heterocycles. The van der Waals surface area contributed by atoms with Crippen LogP contribution in [0.1, 0.15) is 50.8 Å². The molecule has 4 nitrogen and oxygen atoms in total. The molecule has 0 amide bonds. The summed E-state index contributed by atoms with van der Waals surface area (Å²) in [6.07, 6.45) is 4.79. The molecule has 0 spiro atoms. The van der Waals surface area contributed by atoms with E-state index in [1.807, 2.05) is 0 Å². The van der Waals surface area contributed by atoms with Gasteiger partial charge in [-0.1, -0.05) is 19.1 Å². The summed E-state index contributed by atoms with van der Waals surface area (Å²) in [6.45, 7) is 10.8. The van der Waals surface area contributed by atoms with Crippen LogP contribution < -0.4 is 10.2 Å². The second-order valence-corrected chi connectivity index (χ2v) is 7.22. The molecule has 24 heavy (non-hydrogen) atoms. The van der Waals surface area contributed by atoms with Gasteiger partial charge in [0.1, 0.15) is 0 Å². The first kappa shape index (κ1) is 17.2. The van der Waals surface area contributed by atoms with E-state index < -0.39 is 0 Å². The number of anilines is 1. The van der Waals surface area contributed by atoms with E-state index >= 15 is 0 Å². The van der Waals surface area contributed by atoms with Crippen molar-refractivity contribution in [2.24, 2.45) is 0 Å². The molecular formula is C20H30N4. The van der Waals surface area contributed by atoms with E-state index in [1.54, 1.807) is 0 Å². The van der Waals surface area contributed by atoms with Gasteiger partial charge in [-0.05, 0) is 58.1 Å². The monoisotopic (exact) mass is 326 g/mol. The van der Waals surface area contributed by atoms with Crippen LogP contribution in [0.4, 0.5) is 5.95 Å². The fourth-order valence-electron chi connectivity index (χ4n) is 3.51. The van der Waals surface area contributed by atoms with Gasteiger partial charge in [-0.3, -0.25) is 0 Å². The van der Waals surface area contributed by atoms with E-state index in [2.05, 4.69) is 56.1 Å². The van der Waals surface area contributed by atoms with Crippen LogP contribution in [-0.4, -0.2) is 35.1 Å². The average molecular weight is 326 g/mol. The molecule has 0 bridgehead atoms. The maximum absolute atomic E-state index is 4.86. The lowest BCUT2D eigenvalue weighted by atomic mass is 10.1. The smallest absolute Gasteiger partial charge is 0.226 e. The first-order valence-corrected chi connectivity index (χ1v) is 9.33. The number of benzene rings is 1. The summed E-state index contributed by atoms with van der Waals surface area (Å²) in [4.78, 5) is 12.0. The van der Waals surface area contributed by atoms with Gasteiger partial charge in [0.2, 0.25) is 5.95 Å². The van der Waals surface area contributed by atoms with Crippen molar-refractivity contribution in [1.82, 2.24) is 15.3 Å². The van der Waals surface area contributed by atoms with Gasteiger partial charge in [-0.15, -0.1) is 0 Å². The van der Waals surface area contributed by atoms with Gasteiger partial charge in [0.05, 0.1) is 11.2 Å². The summed E-state index contributed by atoms with van der Waals surface area (Å²) >= 11 is 0. The van der Waals surface area contributed by atoms with E-state index in [-0.39, 0.29) is 0 Å². The summed E-state index contributed by atoms with van der Waals surface area (Å²) in [6, 6.07) is 7.66. The Bertz CT molecular complexity index is 697. The molecule has 1 aliphatic rings. The largest absolute Gasteiger partial charge is 0.341 e. The average Bonchev–Trinajstić information content (AvgIpc) is 2.79. The molecule has 1 aliphatic heterocycles. The molecule has 1 fully saturated rings. The number of nitrogens with zero attached hydrogens (tertiary/aromatic N) is 3. The summed E-state index contributed by atoms with van der Waals surface area (Å²) in [5.74, 6) is 0.898. The predicted octanol–water partition coefficient (Wildman–Crippen LogP) is 3.99. The molecule has 3 rings (SSSR count). The van der Waals surface area contributed by atoms with Crippen molar-refractivity contribution in [2.45, 2.75) is 65.5 Å². The van der Waals surface area contributed by atoms with Gasteiger partial charge in [-0.2, -0.15) is 0 Å². The molecule has 4 heteroatoms. The normalized spacial score (nSPS) is 20.2. The van der Waals surface area contributed by atoms with Crippen LogP contribution in [0.25, 0.3) is 10.9 Å². The van der Waals surface area contributed by atoms with Crippen molar-refractivity contribution in [3.63, 3.8) is 0 Å². The molecule has 0 unspecified atom stereocenters. The van der Waals surface area contributed by atoms with Crippen LogP contribution in [0.15, 0.2) is 18.2 Å². The van der Waals surface area contributed by atoms with Crippen LogP contribution in [0, 0.1) is 13.8 Å². The van der Waals surface area contributed by atoms with Crippen LogP contribution in [0.2, 0.25) is 0 Å². The molecule has 130 valence electrons. The molecule has 2 atom stereocenters. The summed E-state index contributed by atoms with van der Waals surface area (Å²) in [5, 5.41) is 4.92. The first-order valence-electron chi connectivity index (χ1n) is 9.33. The minimum Gasteiger partial charge on any atom is -0.341 e. The van der Waals surface area contributed by atoms with Crippen molar-refractivity contribution in [1.29, 1.82) is 0 Å². The summed E-state index contributed by atoms with van der Waals surface area (Å²) < 4.78 is 0. The van der Waals surface area contributed by atoms with Crippen LogP contribution in [0.3, 0.4) is 0 Å². The van der Waals surface area contributed by atoms with Gasteiger partial charge in [-0.25, -0.2) is 9.97 Å². The Morgan fingerprint density at radius 1 is 1.21 bits per heavy atom. The number of rotatable bonds is 4. The minimum absolute atomic E-state index is 0.601. The van der Waals surface area contributed by atoms with Crippen molar-refractivity contribution >= 4 is 16.9 Å². The van der Waals surface area contributed by atoms with Crippen LogP contribution in [-0.2, 0) is 0 Å². The molecule has 1 saturated heterocycles. The van der Waals surface area contributed by atoms with E-state index in [0.717, 1.165) is 35.6 Å². The SMILES string of the molecule is CC[C@@H](C)N[C@H]1CCCN(c2nc(C)c3ccc(C)cc3n2)CC1. The van der Waals surface area contributed by atoms with E-state index in [1.165, 1.54) is 31.2 Å². The molecule has 2 aromatic rings. The number of nitrogens with one attached hydrogen (secondary N) is 1.